The zero-order valence-corrected chi connectivity index (χ0v) is 26.1. The van der Waals surface area contributed by atoms with E-state index in [1.54, 1.807) is 23.1 Å². The molecular formula is C33H41N3O6S. The van der Waals surface area contributed by atoms with Gasteiger partial charge >= 0.3 is 0 Å². The van der Waals surface area contributed by atoms with Gasteiger partial charge in [0.05, 0.1) is 11.9 Å². The van der Waals surface area contributed by atoms with Gasteiger partial charge in [-0.05, 0) is 55.5 Å². The van der Waals surface area contributed by atoms with Crippen molar-refractivity contribution in [3.05, 3.63) is 89.5 Å². The Morgan fingerprint density at radius 1 is 0.977 bits per heavy atom. The molecule has 2 atom stereocenters. The van der Waals surface area contributed by atoms with Crippen molar-refractivity contribution in [2.75, 3.05) is 23.9 Å². The average Bonchev–Trinajstić information content (AvgIpc) is 3.45. The quantitative estimate of drug-likeness (QED) is 0.282. The van der Waals surface area contributed by atoms with E-state index in [0.717, 1.165) is 29.4 Å². The van der Waals surface area contributed by atoms with E-state index in [1.807, 2.05) is 75.4 Å². The highest BCUT2D eigenvalue weighted by Crippen LogP contribution is 2.36. The van der Waals surface area contributed by atoms with E-state index in [0.29, 0.717) is 23.6 Å². The molecule has 1 aliphatic rings. The Morgan fingerprint density at radius 2 is 1.67 bits per heavy atom. The minimum atomic E-state index is -3.65. The number of ether oxygens (including phenoxy) is 2. The lowest BCUT2D eigenvalue weighted by atomic mass is 10.0. The summed E-state index contributed by atoms with van der Waals surface area (Å²) in [6, 6.07) is 21.6. The molecule has 3 aromatic carbocycles. The number of rotatable bonds is 14. The minimum absolute atomic E-state index is 0.0498. The van der Waals surface area contributed by atoms with Gasteiger partial charge in [0.25, 0.3) is 0 Å². The maximum Gasteiger partial charge on any atom is 0.243 e. The first kappa shape index (κ1) is 31.9. The number of amides is 2. The lowest BCUT2D eigenvalue weighted by Crippen LogP contribution is -2.52. The van der Waals surface area contributed by atoms with Crippen LogP contribution in [-0.2, 0) is 32.6 Å². The first-order valence-corrected chi connectivity index (χ1v) is 16.5. The van der Waals surface area contributed by atoms with Gasteiger partial charge in [0, 0.05) is 38.0 Å². The fourth-order valence-corrected chi connectivity index (χ4v) is 5.97. The van der Waals surface area contributed by atoms with Crippen LogP contribution in [0.4, 0.5) is 5.69 Å². The molecule has 0 spiro atoms. The Hall–Kier alpha value is -4.05. The fourth-order valence-electron chi connectivity index (χ4n) is 5.01. The van der Waals surface area contributed by atoms with Gasteiger partial charge in [-0.25, -0.2) is 8.42 Å². The van der Waals surface area contributed by atoms with Gasteiger partial charge in [-0.1, -0.05) is 61.5 Å². The van der Waals surface area contributed by atoms with Crippen LogP contribution in [0.1, 0.15) is 49.8 Å². The number of carbonyl (C=O) groups is 2. The molecule has 0 bridgehead atoms. The number of sulfonamides is 1. The number of carbonyl (C=O) groups excluding carboxylic acids is 2. The van der Waals surface area contributed by atoms with Crippen LogP contribution in [0.3, 0.4) is 0 Å². The highest BCUT2D eigenvalue weighted by atomic mass is 32.2. The second kappa shape index (κ2) is 14.4. The van der Waals surface area contributed by atoms with Crippen molar-refractivity contribution < 1.29 is 27.5 Å². The first-order valence-electron chi connectivity index (χ1n) is 14.6. The lowest BCUT2D eigenvalue weighted by Gasteiger charge is -2.33. The molecule has 10 heteroatoms. The predicted molar refractivity (Wildman–Crippen MR) is 168 cm³/mol. The topological polar surface area (TPSA) is 105 Å². The smallest absolute Gasteiger partial charge is 0.243 e. The van der Waals surface area contributed by atoms with E-state index >= 15 is 0 Å². The molecule has 0 radical (unpaired) electrons. The summed E-state index contributed by atoms with van der Waals surface area (Å²) in [4.78, 5) is 29.4. The second-order valence-corrected chi connectivity index (χ2v) is 12.9. The molecule has 1 heterocycles. The van der Waals surface area contributed by atoms with Crippen molar-refractivity contribution in [2.24, 2.45) is 0 Å². The number of nitrogens with one attached hydrogen (secondary N) is 1. The summed E-state index contributed by atoms with van der Waals surface area (Å²) in [5.74, 6) is 0.600. The molecule has 1 N–H and O–H groups in total. The van der Waals surface area contributed by atoms with Crippen LogP contribution in [-0.4, -0.2) is 56.8 Å². The van der Waals surface area contributed by atoms with Gasteiger partial charge in [-0.15, -0.1) is 0 Å². The number of nitrogens with zero attached hydrogens (tertiary/aromatic N) is 2. The number of fused-ring (bicyclic) bond motifs is 1. The summed E-state index contributed by atoms with van der Waals surface area (Å²) in [5, 5.41) is 3.08. The highest BCUT2D eigenvalue weighted by Gasteiger charge is 2.31. The maximum atomic E-state index is 14.0. The Kier molecular flexibility index (Phi) is 10.7. The summed E-state index contributed by atoms with van der Waals surface area (Å²) in [6.07, 6.45) is 2.57. The number of hydrogen-bond acceptors (Lipinski definition) is 6. The third-order valence-corrected chi connectivity index (χ3v) is 8.86. The van der Waals surface area contributed by atoms with Gasteiger partial charge in [-0.2, -0.15) is 0 Å². The molecule has 0 aliphatic carbocycles. The van der Waals surface area contributed by atoms with E-state index in [9.17, 15) is 18.0 Å². The third kappa shape index (κ3) is 8.50. The fraction of sp³-hybridized carbons (Fsp3) is 0.394. The van der Waals surface area contributed by atoms with Crippen molar-refractivity contribution in [3.63, 3.8) is 0 Å². The van der Waals surface area contributed by atoms with E-state index in [2.05, 4.69) is 5.32 Å². The summed E-state index contributed by atoms with van der Waals surface area (Å²) >= 11 is 0. The summed E-state index contributed by atoms with van der Waals surface area (Å²) < 4.78 is 37.6. The van der Waals surface area contributed by atoms with Crippen LogP contribution in [0.5, 0.6) is 11.5 Å². The maximum absolute atomic E-state index is 14.0. The standard InChI is InChI=1S/C33H41N3O6S/c1-5-25(3)34-33(38)29(20-26-13-7-6-8-14-26)35(22-27-15-10-9-12-24(27)2)32(37)16-11-19-36(43(4,39)40)28-17-18-30-31(21-28)42-23-41-30/h6-10,12-15,17-18,21,25,29H,5,11,16,19-20,22-23H2,1-4H3,(H,34,38)/t25-,29+/m0/s1. The Morgan fingerprint density at radius 3 is 2.37 bits per heavy atom. The van der Waals surface area contributed by atoms with E-state index in [-0.39, 0.29) is 50.6 Å². The van der Waals surface area contributed by atoms with Crippen molar-refractivity contribution >= 4 is 27.5 Å². The molecule has 2 amide bonds. The predicted octanol–water partition coefficient (Wildman–Crippen LogP) is 4.82. The van der Waals surface area contributed by atoms with Crippen molar-refractivity contribution in [2.45, 2.75) is 65.1 Å². The van der Waals surface area contributed by atoms with Crippen LogP contribution in [0.15, 0.2) is 72.8 Å². The summed E-state index contributed by atoms with van der Waals surface area (Å²) in [5.41, 5.74) is 3.35. The van der Waals surface area contributed by atoms with Gasteiger partial charge < -0.3 is 19.7 Å². The van der Waals surface area contributed by atoms with Crippen LogP contribution in [0, 0.1) is 6.92 Å². The number of aryl methyl sites for hydroxylation is 1. The van der Waals surface area contributed by atoms with Gasteiger partial charge in [0.1, 0.15) is 6.04 Å². The number of benzene rings is 3. The molecule has 0 saturated carbocycles. The largest absolute Gasteiger partial charge is 0.454 e. The minimum Gasteiger partial charge on any atom is -0.454 e. The molecule has 0 unspecified atom stereocenters. The average molecular weight is 608 g/mol. The van der Waals surface area contributed by atoms with Gasteiger partial charge in [0.15, 0.2) is 11.5 Å². The van der Waals surface area contributed by atoms with Crippen LogP contribution in [0.2, 0.25) is 0 Å². The zero-order valence-electron chi connectivity index (χ0n) is 25.3. The van der Waals surface area contributed by atoms with Crippen LogP contribution in [0.25, 0.3) is 0 Å². The SMILES string of the molecule is CC[C@H](C)NC(=O)[C@@H](Cc1ccccc1)N(Cc1ccccc1C)C(=O)CCCN(c1ccc2c(c1)OCO2)S(C)(=O)=O. The van der Waals surface area contributed by atoms with E-state index < -0.39 is 16.1 Å². The molecule has 4 rings (SSSR count). The normalized spacial score (nSPS) is 13.7. The van der Waals surface area contributed by atoms with Crippen molar-refractivity contribution in [3.8, 4) is 11.5 Å². The van der Waals surface area contributed by atoms with E-state index in [4.69, 9.17) is 9.47 Å². The van der Waals surface area contributed by atoms with Gasteiger partial charge in [-0.3, -0.25) is 13.9 Å². The van der Waals surface area contributed by atoms with Crippen molar-refractivity contribution in [1.82, 2.24) is 10.2 Å². The Bertz CT molecular complexity index is 1510. The van der Waals surface area contributed by atoms with Crippen LogP contribution >= 0.6 is 0 Å². The third-order valence-electron chi connectivity index (χ3n) is 7.67. The Labute approximate surface area is 254 Å². The summed E-state index contributed by atoms with van der Waals surface area (Å²) in [6.45, 7) is 6.36. The van der Waals surface area contributed by atoms with Crippen molar-refractivity contribution in [1.29, 1.82) is 0 Å². The van der Waals surface area contributed by atoms with Gasteiger partial charge in [0.2, 0.25) is 28.6 Å². The molecular weight excluding hydrogens is 566 g/mol. The molecule has 0 saturated heterocycles. The highest BCUT2D eigenvalue weighted by molar-refractivity contribution is 7.92. The van der Waals surface area contributed by atoms with E-state index in [1.165, 1.54) is 4.31 Å². The number of hydrogen-bond donors (Lipinski definition) is 1. The molecule has 0 fully saturated rings. The molecule has 230 valence electrons. The Balaban J connectivity index is 1.59. The first-order chi connectivity index (χ1) is 20.6. The molecule has 3 aromatic rings. The lowest BCUT2D eigenvalue weighted by molar-refractivity contribution is -0.141. The molecule has 0 aromatic heterocycles. The molecule has 1 aliphatic heterocycles. The second-order valence-electron chi connectivity index (χ2n) is 10.9. The monoisotopic (exact) mass is 607 g/mol. The number of anilines is 1. The summed E-state index contributed by atoms with van der Waals surface area (Å²) in [7, 11) is -3.65. The van der Waals surface area contributed by atoms with Crippen LogP contribution < -0.4 is 19.1 Å². The molecule has 43 heavy (non-hydrogen) atoms. The molecule has 9 nitrogen and oxygen atoms in total. The zero-order chi connectivity index (χ0) is 31.0.